The molecule has 1 fully saturated rings. The van der Waals surface area contributed by atoms with E-state index in [2.05, 4.69) is 67.2 Å². The number of nitrogens with one attached hydrogen (secondary N) is 1. The molecule has 7 heteroatoms. The van der Waals surface area contributed by atoms with Gasteiger partial charge in [-0.1, -0.05) is 24.3 Å². The number of methoxy groups -OCH3 is 1. The van der Waals surface area contributed by atoms with E-state index < -0.39 is 0 Å². The summed E-state index contributed by atoms with van der Waals surface area (Å²) in [4.78, 5) is 9.73. The van der Waals surface area contributed by atoms with Crippen LogP contribution in [0.2, 0.25) is 0 Å². The van der Waals surface area contributed by atoms with E-state index >= 15 is 0 Å². The molecule has 0 radical (unpaired) electrons. The Kier molecular flexibility index (Phi) is 14.4. The van der Waals surface area contributed by atoms with Crippen molar-refractivity contribution in [3.05, 3.63) is 35.4 Å². The van der Waals surface area contributed by atoms with Crippen molar-refractivity contribution in [2.24, 2.45) is 4.99 Å². The lowest BCUT2D eigenvalue weighted by Gasteiger charge is -2.34. The summed E-state index contributed by atoms with van der Waals surface area (Å²) in [6.45, 7) is 12.7. The van der Waals surface area contributed by atoms with Crippen molar-refractivity contribution < 1.29 is 9.47 Å². The van der Waals surface area contributed by atoms with Crippen LogP contribution >= 0.6 is 24.0 Å². The van der Waals surface area contributed by atoms with Gasteiger partial charge in [0.05, 0.1) is 12.6 Å². The van der Waals surface area contributed by atoms with Crippen LogP contribution in [0.4, 0.5) is 0 Å². The summed E-state index contributed by atoms with van der Waals surface area (Å²) in [5.74, 6) is 1.02. The lowest BCUT2D eigenvalue weighted by atomic mass is 10.1. The molecule has 0 atom stereocenters. The normalized spacial score (nSPS) is 15.5. The van der Waals surface area contributed by atoms with Gasteiger partial charge in [0.1, 0.15) is 0 Å². The van der Waals surface area contributed by atoms with Crippen LogP contribution in [-0.2, 0) is 22.6 Å². The van der Waals surface area contributed by atoms with E-state index in [0.717, 1.165) is 64.6 Å². The van der Waals surface area contributed by atoms with Crippen LogP contribution in [0.15, 0.2) is 29.3 Å². The number of benzene rings is 1. The van der Waals surface area contributed by atoms with Crippen molar-refractivity contribution in [3.8, 4) is 0 Å². The third kappa shape index (κ3) is 10.1. The van der Waals surface area contributed by atoms with E-state index in [4.69, 9.17) is 14.5 Å². The first kappa shape index (κ1) is 28.1. The Labute approximate surface area is 206 Å². The average Bonchev–Trinajstić information content (AvgIpc) is 2.75. The Morgan fingerprint density at radius 1 is 1.19 bits per heavy atom. The van der Waals surface area contributed by atoms with Crippen LogP contribution in [0, 0.1) is 0 Å². The molecule has 0 bridgehead atoms. The molecule has 0 aliphatic carbocycles. The first-order valence-electron chi connectivity index (χ1n) is 11.5. The minimum absolute atomic E-state index is 0. The molecule has 0 unspecified atom stereocenters. The van der Waals surface area contributed by atoms with Crippen molar-refractivity contribution in [3.63, 3.8) is 0 Å². The maximum atomic E-state index is 6.00. The standard InChI is InChI=1S/C24H42N4O2.HI/c1-6-25-24(28-14-12-23(13-15-28)30-17-9-16-29-5)26-18-21-10-7-8-11-22(21)19-27(4)20(2)3;/h7-8,10-11,20,23H,6,9,12-19H2,1-5H3,(H,25,26);1H. The van der Waals surface area contributed by atoms with Gasteiger partial charge in [-0.2, -0.15) is 0 Å². The highest BCUT2D eigenvalue weighted by Crippen LogP contribution is 2.16. The molecular weight excluding hydrogens is 503 g/mol. The minimum atomic E-state index is 0. The van der Waals surface area contributed by atoms with E-state index in [0.29, 0.717) is 18.7 Å². The highest BCUT2D eigenvalue weighted by Gasteiger charge is 2.22. The van der Waals surface area contributed by atoms with Gasteiger partial charge in [-0.15, -0.1) is 24.0 Å². The molecule has 1 aliphatic rings. The molecule has 2 rings (SSSR count). The van der Waals surface area contributed by atoms with Gasteiger partial charge in [-0.25, -0.2) is 4.99 Å². The summed E-state index contributed by atoms with van der Waals surface area (Å²) < 4.78 is 11.1. The zero-order valence-electron chi connectivity index (χ0n) is 20.1. The highest BCUT2D eigenvalue weighted by molar-refractivity contribution is 14.0. The fourth-order valence-electron chi connectivity index (χ4n) is 3.59. The van der Waals surface area contributed by atoms with Crippen LogP contribution in [0.1, 0.15) is 51.2 Å². The number of hydrogen-bond acceptors (Lipinski definition) is 4. The van der Waals surface area contributed by atoms with E-state index in [1.165, 1.54) is 11.1 Å². The van der Waals surface area contributed by atoms with Gasteiger partial charge in [0.2, 0.25) is 0 Å². The molecule has 0 amide bonds. The van der Waals surface area contributed by atoms with E-state index in [-0.39, 0.29) is 24.0 Å². The van der Waals surface area contributed by atoms with Gasteiger partial charge in [0, 0.05) is 52.5 Å². The summed E-state index contributed by atoms with van der Waals surface area (Å²) in [6, 6.07) is 9.19. The largest absolute Gasteiger partial charge is 0.385 e. The second-order valence-corrected chi connectivity index (χ2v) is 8.35. The average molecular weight is 547 g/mol. The Bertz CT molecular complexity index is 634. The summed E-state index contributed by atoms with van der Waals surface area (Å²) in [7, 11) is 3.91. The third-order valence-corrected chi connectivity index (χ3v) is 5.74. The van der Waals surface area contributed by atoms with E-state index in [1.54, 1.807) is 7.11 Å². The van der Waals surface area contributed by atoms with Gasteiger partial charge >= 0.3 is 0 Å². The lowest BCUT2D eigenvalue weighted by Crippen LogP contribution is -2.47. The van der Waals surface area contributed by atoms with Crippen LogP contribution in [0.3, 0.4) is 0 Å². The van der Waals surface area contributed by atoms with Gasteiger partial charge in [-0.3, -0.25) is 4.90 Å². The Balaban J connectivity index is 0.00000480. The number of ether oxygens (including phenoxy) is 2. The quantitative estimate of drug-likeness (QED) is 0.196. The summed E-state index contributed by atoms with van der Waals surface area (Å²) in [5.41, 5.74) is 2.66. The second-order valence-electron chi connectivity index (χ2n) is 8.35. The van der Waals surface area contributed by atoms with Gasteiger partial charge in [-0.05, 0) is 58.2 Å². The smallest absolute Gasteiger partial charge is 0.194 e. The van der Waals surface area contributed by atoms with Crippen LogP contribution < -0.4 is 5.32 Å². The highest BCUT2D eigenvalue weighted by atomic mass is 127. The van der Waals surface area contributed by atoms with Crippen molar-refractivity contribution >= 4 is 29.9 Å². The predicted molar refractivity (Wildman–Crippen MR) is 140 cm³/mol. The molecular formula is C24H43IN4O2. The molecule has 6 nitrogen and oxygen atoms in total. The number of hydrogen-bond donors (Lipinski definition) is 1. The maximum Gasteiger partial charge on any atom is 0.194 e. The molecule has 178 valence electrons. The molecule has 1 N–H and O–H groups in total. The van der Waals surface area contributed by atoms with E-state index in [9.17, 15) is 0 Å². The molecule has 0 saturated carbocycles. The number of likely N-dealkylation sites (tertiary alicyclic amines) is 1. The van der Waals surface area contributed by atoms with Gasteiger partial charge in [0.25, 0.3) is 0 Å². The number of piperidine rings is 1. The summed E-state index contributed by atoms with van der Waals surface area (Å²) >= 11 is 0. The minimum Gasteiger partial charge on any atom is -0.385 e. The molecule has 1 heterocycles. The van der Waals surface area contributed by atoms with E-state index in [1.807, 2.05) is 0 Å². The Hall–Kier alpha value is -0.900. The second kappa shape index (κ2) is 15.8. The zero-order chi connectivity index (χ0) is 21.8. The molecule has 1 aliphatic heterocycles. The van der Waals surface area contributed by atoms with Crippen LogP contribution in [0.5, 0.6) is 0 Å². The van der Waals surface area contributed by atoms with Gasteiger partial charge in [0.15, 0.2) is 5.96 Å². The molecule has 0 spiro atoms. The molecule has 31 heavy (non-hydrogen) atoms. The first-order chi connectivity index (χ1) is 14.5. The number of rotatable bonds is 11. The topological polar surface area (TPSA) is 49.3 Å². The van der Waals surface area contributed by atoms with Crippen LogP contribution in [-0.4, -0.2) is 74.9 Å². The monoisotopic (exact) mass is 546 g/mol. The van der Waals surface area contributed by atoms with Crippen molar-refractivity contribution in [1.82, 2.24) is 15.1 Å². The first-order valence-corrected chi connectivity index (χ1v) is 11.5. The maximum absolute atomic E-state index is 6.00. The molecule has 1 saturated heterocycles. The number of halogens is 1. The van der Waals surface area contributed by atoms with Crippen molar-refractivity contribution in [2.75, 3.05) is 47.0 Å². The zero-order valence-corrected chi connectivity index (χ0v) is 22.4. The van der Waals surface area contributed by atoms with Crippen molar-refractivity contribution in [2.45, 2.75) is 65.3 Å². The number of nitrogens with zero attached hydrogens (tertiary/aromatic N) is 3. The summed E-state index contributed by atoms with van der Waals surface area (Å²) in [6.07, 6.45) is 3.42. The number of guanidine groups is 1. The molecule has 0 aromatic heterocycles. The molecule has 1 aromatic rings. The summed E-state index contributed by atoms with van der Waals surface area (Å²) in [5, 5.41) is 3.48. The Morgan fingerprint density at radius 2 is 1.87 bits per heavy atom. The van der Waals surface area contributed by atoms with Crippen molar-refractivity contribution in [1.29, 1.82) is 0 Å². The molecule has 1 aromatic carbocycles. The van der Waals surface area contributed by atoms with Gasteiger partial charge < -0.3 is 19.7 Å². The lowest BCUT2D eigenvalue weighted by molar-refractivity contribution is 0.00990. The third-order valence-electron chi connectivity index (χ3n) is 5.74. The fraction of sp³-hybridized carbons (Fsp3) is 0.708. The Morgan fingerprint density at radius 3 is 2.48 bits per heavy atom. The fourth-order valence-corrected chi connectivity index (χ4v) is 3.59. The van der Waals surface area contributed by atoms with Crippen LogP contribution in [0.25, 0.3) is 0 Å². The predicted octanol–water partition coefficient (Wildman–Crippen LogP) is 4.13. The SMILES string of the molecule is CCNC(=NCc1ccccc1CN(C)C(C)C)N1CCC(OCCCOC)CC1.I. The number of aliphatic imine (C=N–C) groups is 1.